The van der Waals surface area contributed by atoms with Gasteiger partial charge in [-0.1, -0.05) is 12.1 Å². The number of halogens is 6. The average molecular weight is 490 g/mol. The summed E-state index contributed by atoms with van der Waals surface area (Å²) in [5, 5.41) is 5.19. The third kappa shape index (κ3) is 7.67. The highest BCUT2D eigenvalue weighted by Gasteiger charge is 2.37. The number of carbonyl (C=O) groups excluding carboxylic acids is 2. The highest BCUT2D eigenvalue weighted by atomic mass is 19.4. The van der Waals surface area contributed by atoms with Gasteiger partial charge in [-0.05, 0) is 58.0 Å². The van der Waals surface area contributed by atoms with E-state index in [1.807, 2.05) is 0 Å². The van der Waals surface area contributed by atoms with Crippen molar-refractivity contribution in [2.75, 3.05) is 17.2 Å². The molecule has 11 heteroatoms. The molecule has 1 atom stereocenters. The average Bonchev–Trinajstić information content (AvgIpc) is 2.69. The van der Waals surface area contributed by atoms with E-state index >= 15 is 0 Å². The van der Waals surface area contributed by atoms with Crippen LogP contribution in [0, 0.1) is 0 Å². The fourth-order valence-corrected chi connectivity index (χ4v) is 2.98. The molecule has 0 spiro atoms. The molecule has 2 aromatic rings. The van der Waals surface area contributed by atoms with Crippen LogP contribution in [0.5, 0.6) is 0 Å². The molecule has 0 aliphatic carbocycles. The second kappa shape index (κ2) is 9.94. The van der Waals surface area contributed by atoms with Crippen LogP contribution in [-0.4, -0.2) is 29.9 Å². The summed E-state index contributed by atoms with van der Waals surface area (Å²) < 4.78 is 83.7. The molecule has 0 saturated heterocycles. The van der Waals surface area contributed by atoms with Crippen LogP contribution in [0.25, 0.3) is 0 Å². The number of ether oxygens (including phenoxy) is 1. The van der Waals surface area contributed by atoms with Crippen molar-refractivity contribution in [2.24, 2.45) is 0 Å². The number of esters is 1. The largest absolute Gasteiger partial charge is 0.459 e. The Labute approximate surface area is 192 Å². The van der Waals surface area contributed by atoms with Gasteiger partial charge in [0.15, 0.2) is 5.78 Å². The lowest BCUT2D eigenvalue weighted by molar-refractivity contribution is -0.152. The molecule has 34 heavy (non-hydrogen) atoms. The van der Waals surface area contributed by atoms with E-state index in [-0.39, 0.29) is 23.9 Å². The maximum Gasteiger partial charge on any atom is 0.416 e. The second-order valence-corrected chi connectivity index (χ2v) is 8.51. The normalized spacial score (nSPS) is 13.2. The quantitative estimate of drug-likeness (QED) is 0.276. The van der Waals surface area contributed by atoms with Crippen LogP contribution < -0.4 is 10.6 Å². The molecule has 0 fully saturated rings. The number of rotatable bonds is 7. The second-order valence-electron chi connectivity index (χ2n) is 8.51. The first-order valence-corrected chi connectivity index (χ1v) is 10.1. The lowest BCUT2D eigenvalue weighted by Crippen LogP contribution is -2.30. The van der Waals surface area contributed by atoms with Gasteiger partial charge in [-0.2, -0.15) is 26.3 Å². The topological polar surface area (TPSA) is 67.4 Å². The smallest absolute Gasteiger partial charge is 0.416 e. The van der Waals surface area contributed by atoms with Crippen molar-refractivity contribution in [1.82, 2.24) is 0 Å². The number of hydrogen-bond donors (Lipinski definition) is 2. The Hall–Kier alpha value is -3.24. The monoisotopic (exact) mass is 490 g/mol. The van der Waals surface area contributed by atoms with Crippen LogP contribution in [0.4, 0.5) is 37.7 Å². The molecule has 0 aliphatic rings. The summed E-state index contributed by atoms with van der Waals surface area (Å²) in [5.74, 6) is -1.19. The van der Waals surface area contributed by atoms with Crippen LogP contribution in [0.2, 0.25) is 0 Å². The Kier molecular flexibility index (Phi) is 7.90. The van der Waals surface area contributed by atoms with E-state index in [0.29, 0.717) is 12.1 Å². The summed E-state index contributed by atoms with van der Waals surface area (Å²) in [6.45, 7) is 6.11. The van der Waals surface area contributed by atoms with Crippen molar-refractivity contribution in [3.63, 3.8) is 0 Å². The summed E-state index contributed by atoms with van der Waals surface area (Å²) >= 11 is 0. The van der Waals surface area contributed by atoms with E-state index in [1.54, 1.807) is 26.8 Å². The summed E-state index contributed by atoms with van der Waals surface area (Å²) in [7, 11) is 0. The summed E-state index contributed by atoms with van der Waals surface area (Å²) in [6, 6.07) is 5.89. The lowest BCUT2D eigenvalue weighted by Gasteiger charge is -2.21. The van der Waals surface area contributed by atoms with E-state index < -0.39 is 52.6 Å². The van der Waals surface area contributed by atoms with Crippen molar-refractivity contribution in [3.05, 3.63) is 59.2 Å². The van der Waals surface area contributed by atoms with Gasteiger partial charge in [0.2, 0.25) is 0 Å². The first-order chi connectivity index (χ1) is 15.5. The highest BCUT2D eigenvalue weighted by molar-refractivity contribution is 6.05. The predicted octanol–water partition coefficient (Wildman–Crippen LogP) is 6.16. The maximum absolute atomic E-state index is 13.1. The molecule has 2 aromatic carbocycles. The molecular formula is C23H24F6N2O3. The molecule has 0 radical (unpaired) electrons. The van der Waals surface area contributed by atoms with Crippen LogP contribution in [0.3, 0.4) is 0 Å². The molecule has 0 unspecified atom stereocenters. The molecule has 0 saturated carbocycles. The summed E-state index contributed by atoms with van der Waals surface area (Å²) in [5.41, 5.74) is -3.87. The SMILES string of the molecule is C[C@H](Nc1cc(C(F)(F)F)cc(C(F)(F)F)c1)C(=O)c1ccccc1NCC(=O)OC(C)(C)C. The standard InChI is InChI=1S/C23H24F6N2O3/c1-13(31-16-10-14(22(24,25)26)9-15(11-16)23(27,28)29)20(33)17-7-5-6-8-18(17)30-12-19(32)34-21(2,3)4/h5-11,13,30-31H,12H2,1-4H3/t13-/m0/s1. The number of carbonyl (C=O) groups is 2. The van der Waals surface area contributed by atoms with E-state index in [4.69, 9.17) is 4.74 Å². The molecule has 0 bridgehead atoms. The molecule has 0 heterocycles. The molecule has 0 aliphatic heterocycles. The first kappa shape index (κ1) is 27.0. The zero-order valence-corrected chi connectivity index (χ0v) is 18.8. The number of nitrogens with one attached hydrogen (secondary N) is 2. The number of benzene rings is 2. The van der Waals surface area contributed by atoms with Crippen LogP contribution in [0.1, 0.15) is 49.2 Å². The molecular weight excluding hydrogens is 466 g/mol. The summed E-state index contributed by atoms with van der Waals surface area (Å²) in [4.78, 5) is 24.9. The predicted molar refractivity (Wildman–Crippen MR) is 115 cm³/mol. The Balaban J connectivity index is 2.25. The highest BCUT2D eigenvalue weighted by Crippen LogP contribution is 2.37. The Morgan fingerprint density at radius 2 is 1.44 bits per heavy atom. The van der Waals surface area contributed by atoms with Gasteiger partial charge in [0, 0.05) is 16.9 Å². The minimum atomic E-state index is -5.01. The fourth-order valence-electron chi connectivity index (χ4n) is 2.98. The van der Waals surface area contributed by atoms with Gasteiger partial charge in [-0.15, -0.1) is 0 Å². The number of ketones is 1. The van der Waals surface area contributed by atoms with Crippen molar-refractivity contribution < 1.29 is 40.7 Å². The number of para-hydroxylation sites is 1. The van der Waals surface area contributed by atoms with Crippen molar-refractivity contribution >= 4 is 23.1 Å². The zero-order chi connectivity index (χ0) is 25.9. The fraction of sp³-hybridized carbons (Fsp3) is 0.391. The molecule has 2 rings (SSSR count). The van der Waals surface area contributed by atoms with E-state index in [9.17, 15) is 35.9 Å². The van der Waals surface area contributed by atoms with E-state index in [1.165, 1.54) is 25.1 Å². The maximum atomic E-state index is 13.1. The third-order valence-electron chi connectivity index (χ3n) is 4.40. The molecule has 2 N–H and O–H groups in total. The minimum Gasteiger partial charge on any atom is -0.459 e. The molecule has 5 nitrogen and oxygen atoms in total. The lowest BCUT2D eigenvalue weighted by atomic mass is 10.0. The Morgan fingerprint density at radius 1 is 0.912 bits per heavy atom. The molecule has 186 valence electrons. The Morgan fingerprint density at radius 3 is 1.94 bits per heavy atom. The van der Waals surface area contributed by atoms with Gasteiger partial charge in [0.1, 0.15) is 12.1 Å². The van der Waals surface area contributed by atoms with Crippen molar-refractivity contribution in [3.8, 4) is 0 Å². The minimum absolute atomic E-state index is 0.00750. The van der Waals surface area contributed by atoms with Crippen LogP contribution in [0.15, 0.2) is 42.5 Å². The van der Waals surface area contributed by atoms with Crippen LogP contribution >= 0.6 is 0 Å². The van der Waals surface area contributed by atoms with Gasteiger partial charge < -0.3 is 15.4 Å². The van der Waals surface area contributed by atoms with Gasteiger partial charge in [0.25, 0.3) is 0 Å². The zero-order valence-electron chi connectivity index (χ0n) is 18.8. The Bertz CT molecular complexity index is 1010. The van der Waals surface area contributed by atoms with Crippen LogP contribution in [-0.2, 0) is 21.9 Å². The molecule has 0 amide bonds. The summed E-state index contributed by atoms with van der Waals surface area (Å²) in [6.07, 6.45) is -10.0. The van der Waals surface area contributed by atoms with E-state index in [2.05, 4.69) is 10.6 Å². The van der Waals surface area contributed by atoms with Crippen molar-refractivity contribution in [2.45, 2.75) is 51.7 Å². The van der Waals surface area contributed by atoms with Gasteiger partial charge in [-0.25, -0.2) is 0 Å². The number of Topliss-reactive ketones (excluding diaryl/α,β-unsaturated/α-hetero) is 1. The van der Waals surface area contributed by atoms with Gasteiger partial charge >= 0.3 is 18.3 Å². The number of hydrogen-bond acceptors (Lipinski definition) is 5. The number of alkyl halides is 6. The van der Waals surface area contributed by atoms with E-state index in [0.717, 1.165) is 0 Å². The number of anilines is 2. The third-order valence-corrected chi connectivity index (χ3v) is 4.40. The first-order valence-electron chi connectivity index (χ1n) is 10.1. The van der Waals surface area contributed by atoms with Crippen molar-refractivity contribution in [1.29, 1.82) is 0 Å². The van der Waals surface area contributed by atoms with Gasteiger partial charge in [0.05, 0.1) is 17.2 Å². The molecule has 0 aromatic heterocycles. The van der Waals surface area contributed by atoms with Gasteiger partial charge in [-0.3, -0.25) is 9.59 Å².